The van der Waals surface area contributed by atoms with Crippen LogP contribution in [0.25, 0.3) is 0 Å². The van der Waals surface area contributed by atoms with Crippen LogP contribution in [0.15, 0.2) is 55.4 Å². The summed E-state index contributed by atoms with van der Waals surface area (Å²) in [4.78, 5) is 10.3. The molecule has 0 unspecified atom stereocenters. The highest BCUT2D eigenvalue weighted by Gasteiger charge is 2.31. The number of alkyl halides is 9. The molecule has 0 saturated carbocycles. The predicted octanol–water partition coefficient (Wildman–Crippen LogP) is 7.23. The fourth-order valence-corrected chi connectivity index (χ4v) is 2.13. The number of nitrogens with zero attached hydrogens (tertiary/aromatic N) is 3. The molecule has 0 aliphatic rings. The van der Waals surface area contributed by atoms with E-state index in [1.807, 2.05) is 0 Å². The van der Waals surface area contributed by atoms with Crippen LogP contribution < -0.4 is 0 Å². The van der Waals surface area contributed by atoms with E-state index in [-0.39, 0.29) is 0 Å². The second-order valence-electron chi connectivity index (χ2n) is 6.75. The maximum Gasteiger partial charge on any atom is 0.417 e. The highest BCUT2D eigenvalue weighted by atomic mass is 19.4. The molecule has 3 nitrogen and oxygen atoms in total. The molecule has 0 atom stereocenters. The molecule has 0 amide bonds. The topological polar surface area (TPSA) is 38.7 Å². The number of rotatable bonds is 0. The third kappa shape index (κ3) is 10.3. The van der Waals surface area contributed by atoms with Crippen molar-refractivity contribution in [3.8, 4) is 0 Å². The number of aromatic nitrogens is 3. The number of hydrogen-bond donors (Lipinski definition) is 0. The first-order valence-corrected chi connectivity index (χ1v) is 8.96. The van der Waals surface area contributed by atoms with Crippen LogP contribution in [0.4, 0.5) is 39.5 Å². The zero-order valence-electron chi connectivity index (χ0n) is 17.4. The molecule has 0 saturated heterocycles. The van der Waals surface area contributed by atoms with E-state index in [1.165, 1.54) is 18.6 Å². The Kier molecular flexibility index (Phi) is 9.37. The average Bonchev–Trinajstić information content (AvgIpc) is 2.67. The number of hydrogen-bond acceptors (Lipinski definition) is 3. The normalized spacial score (nSPS) is 11.6. The van der Waals surface area contributed by atoms with E-state index in [9.17, 15) is 39.5 Å². The summed E-state index contributed by atoms with van der Waals surface area (Å²) in [5.74, 6) is 0. The van der Waals surface area contributed by atoms with Crippen molar-refractivity contribution in [2.75, 3.05) is 0 Å². The van der Waals surface area contributed by atoms with Crippen LogP contribution in [-0.2, 0) is 18.5 Å². The molecule has 0 aliphatic heterocycles. The predicted molar refractivity (Wildman–Crippen MR) is 102 cm³/mol. The summed E-state index contributed by atoms with van der Waals surface area (Å²) in [6.07, 6.45) is -6.25. The van der Waals surface area contributed by atoms with Crippen molar-refractivity contribution in [3.05, 3.63) is 88.8 Å². The molecule has 33 heavy (non-hydrogen) atoms. The fraction of sp³-hybridized carbons (Fsp3) is 0.286. The second-order valence-corrected chi connectivity index (χ2v) is 6.75. The van der Waals surface area contributed by atoms with Gasteiger partial charge in [0.25, 0.3) is 0 Å². The maximum absolute atomic E-state index is 11.9. The van der Waals surface area contributed by atoms with Gasteiger partial charge in [-0.15, -0.1) is 0 Å². The van der Waals surface area contributed by atoms with E-state index in [4.69, 9.17) is 0 Å². The smallest absolute Gasteiger partial charge is 0.264 e. The highest BCUT2D eigenvalue weighted by molar-refractivity contribution is 5.20. The minimum atomic E-state index is -4.28. The summed E-state index contributed by atoms with van der Waals surface area (Å²) in [5, 5.41) is 0. The Labute approximate surface area is 183 Å². The fourth-order valence-electron chi connectivity index (χ4n) is 2.13. The molecule has 0 fully saturated rings. The van der Waals surface area contributed by atoms with Gasteiger partial charge in [0.1, 0.15) is 0 Å². The largest absolute Gasteiger partial charge is 0.417 e. The number of halogens is 9. The lowest BCUT2D eigenvalue weighted by Crippen LogP contribution is -2.05. The van der Waals surface area contributed by atoms with Crippen LogP contribution >= 0.6 is 0 Å². The highest BCUT2D eigenvalue weighted by Crippen LogP contribution is 2.30. The SMILES string of the molecule is Cc1cncc(C(F)(F)F)c1.Cc1cncc(C(F)(F)F)c1.Cc1cncc(C(F)(F)F)c1. The van der Waals surface area contributed by atoms with Crippen molar-refractivity contribution >= 4 is 0 Å². The summed E-state index contributed by atoms with van der Waals surface area (Å²) in [6, 6.07) is 3.19. The molecule has 0 bridgehead atoms. The molecule has 3 heterocycles. The van der Waals surface area contributed by atoms with Crippen LogP contribution in [0.5, 0.6) is 0 Å². The molecule has 180 valence electrons. The lowest BCUT2D eigenvalue weighted by molar-refractivity contribution is -0.138. The Bertz CT molecular complexity index is 894. The Balaban J connectivity index is 0.000000247. The molecule has 3 aromatic rings. The number of pyridine rings is 3. The molecule has 0 spiro atoms. The van der Waals surface area contributed by atoms with E-state index in [1.54, 1.807) is 20.8 Å². The lowest BCUT2D eigenvalue weighted by Gasteiger charge is -2.05. The van der Waals surface area contributed by atoms with E-state index in [0.717, 1.165) is 36.8 Å². The summed E-state index contributed by atoms with van der Waals surface area (Å²) in [6.45, 7) is 4.72. The van der Waals surface area contributed by atoms with Gasteiger partial charge in [-0.25, -0.2) is 0 Å². The Hall–Kier alpha value is -3.18. The van der Waals surface area contributed by atoms with Gasteiger partial charge >= 0.3 is 18.5 Å². The van der Waals surface area contributed by atoms with Gasteiger partial charge in [-0.3, -0.25) is 15.0 Å². The Morgan fingerprint density at radius 2 is 0.636 bits per heavy atom. The van der Waals surface area contributed by atoms with Crippen LogP contribution in [0.1, 0.15) is 33.4 Å². The van der Waals surface area contributed by atoms with E-state index in [0.29, 0.717) is 16.7 Å². The van der Waals surface area contributed by atoms with E-state index >= 15 is 0 Å². The van der Waals surface area contributed by atoms with Gasteiger partial charge in [0.15, 0.2) is 0 Å². The minimum Gasteiger partial charge on any atom is -0.264 e. The van der Waals surface area contributed by atoms with Gasteiger partial charge in [-0.05, 0) is 55.7 Å². The first-order valence-electron chi connectivity index (χ1n) is 8.96. The number of aryl methyl sites for hydroxylation is 3. The van der Waals surface area contributed by atoms with Gasteiger partial charge in [-0.2, -0.15) is 39.5 Å². The first-order chi connectivity index (χ1) is 15.0. The van der Waals surface area contributed by atoms with Crippen molar-refractivity contribution in [1.82, 2.24) is 15.0 Å². The zero-order valence-corrected chi connectivity index (χ0v) is 17.4. The zero-order chi connectivity index (χ0) is 25.4. The van der Waals surface area contributed by atoms with Crippen LogP contribution in [-0.4, -0.2) is 15.0 Å². The standard InChI is InChI=1S/3C7H6F3N/c3*1-5-2-6(4-11-3-5)7(8,9)10/h3*2-4H,1H3. The minimum absolute atomic E-state index is 0.514. The van der Waals surface area contributed by atoms with Gasteiger partial charge in [0.2, 0.25) is 0 Å². The van der Waals surface area contributed by atoms with Crippen LogP contribution in [0, 0.1) is 20.8 Å². The van der Waals surface area contributed by atoms with Gasteiger partial charge in [0.05, 0.1) is 16.7 Å². The van der Waals surface area contributed by atoms with Gasteiger partial charge in [-0.1, -0.05) is 0 Å². The van der Waals surface area contributed by atoms with Gasteiger partial charge in [0, 0.05) is 37.2 Å². The first kappa shape index (κ1) is 27.9. The van der Waals surface area contributed by atoms with Crippen molar-refractivity contribution in [2.24, 2.45) is 0 Å². The summed E-state index contributed by atoms with van der Waals surface area (Å²) in [7, 11) is 0. The monoisotopic (exact) mass is 483 g/mol. The molecule has 0 aromatic carbocycles. The van der Waals surface area contributed by atoms with Gasteiger partial charge < -0.3 is 0 Å². The molecule has 0 radical (unpaired) electrons. The quantitative estimate of drug-likeness (QED) is 0.317. The van der Waals surface area contributed by atoms with E-state index in [2.05, 4.69) is 15.0 Å². The van der Waals surface area contributed by atoms with Crippen molar-refractivity contribution < 1.29 is 39.5 Å². The molecule has 3 rings (SSSR count). The van der Waals surface area contributed by atoms with Crippen molar-refractivity contribution in [3.63, 3.8) is 0 Å². The van der Waals surface area contributed by atoms with Crippen LogP contribution in [0.2, 0.25) is 0 Å². The van der Waals surface area contributed by atoms with Crippen molar-refractivity contribution in [2.45, 2.75) is 39.3 Å². The van der Waals surface area contributed by atoms with Crippen molar-refractivity contribution in [1.29, 1.82) is 0 Å². The molecule has 3 aromatic heterocycles. The Morgan fingerprint density at radius 3 is 0.758 bits per heavy atom. The third-order valence-electron chi connectivity index (χ3n) is 3.61. The summed E-state index contributed by atoms with van der Waals surface area (Å²) < 4.78 is 107. The van der Waals surface area contributed by atoms with Crippen LogP contribution in [0.3, 0.4) is 0 Å². The third-order valence-corrected chi connectivity index (χ3v) is 3.61. The average molecular weight is 483 g/mol. The maximum atomic E-state index is 11.9. The molecular formula is C21H18F9N3. The molecule has 0 N–H and O–H groups in total. The molecular weight excluding hydrogens is 465 g/mol. The lowest BCUT2D eigenvalue weighted by atomic mass is 10.2. The summed E-state index contributed by atoms with van der Waals surface area (Å²) >= 11 is 0. The molecule has 0 aliphatic carbocycles. The molecule has 12 heteroatoms. The van der Waals surface area contributed by atoms with E-state index < -0.39 is 35.2 Å². The summed E-state index contributed by atoms with van der Waals surface area (Å²) in [5.41, 5.74) is -0.549. The second kappa shape index (κ2) is 11.1. The Morgan fingerprint density at radius 1 is 0.424 bits per heavy atom.